The van der Waals surface area contributed by atoms with E-state index < -0.39 is 17.9 Å². The molecular weight excluding hydrogens is 452 g/mol. The first kappa shape index (κ1) is 25.5. The van der Waals surface area contributed by atoms with Crippen LogP contribution in [-0.2, 0) is 0 Å². The monoisotopic (exact) mass is 478 g/mol. The van der Waals surface area contributed by atoms with E-state index >= 15 is 0 Å². The lowest BCUT2D eigenvalue weighted by Crippen LogP contribution is -2.48. The molecule has 10 heteroatoms. The number of carbonyl (C=O) groups excluding carboxylic acids is 1. The van der Waals surface area contributed by atoms with Gasteiger partial charge in [-0.25, -0.2) is 9.79 Å². The zero-order chi connectivity index (χ0) is 23.5. The molecule has 2 rings (SSSR count). The van der Waals surface area contributed by atoms with Crippen LogP contribution in [0.5, 0.6) is 0 Å². The highest BCUT2D eigenvalue weighted by molar-refractivity contribution is 6.43. The second-order valence-electron chi connectivity index (χ2n) is 7.79. The molecule has 5 nitrogen and oxygen atoms in total. The molecule has 0 saturated carbocycles. The number of urea groups is 1. The van der Waals surface area contributed by atoms with Crippen molar-refractivity contribution >= 4 is 40.6 Å². The third kappa shape index (κ3) is 6.37. The molecule has 0 radical (unpaired) electrons. The molecule has 0 bridgehead atoms. The fourth-order valence-electron chi connectivity index (χ4n) is 3.36. The zero-order valence-corrected chi connectivity index (χ0v) is 19.5. The smallest absolute Gasteiger partial charge is 0.331 e. The summed E-state index contributed by atoms with van der Waals surface area (Å²) >= 11 is 12.7. The van der Waals surface area contributed by atoms with Gasteiger partial charge in [-0.05, 0) is 52.4 Å². The second-order valence-corrected chi connectivity index (χ2v) is 8.54. The quantitative estimate of drug-likeness (QED) is 0.544. The molecule has 1 atom stereocenters. The number of nitrogens with one attached hydrogen (secondary N) is 1. The van der Waals surface area contributed by atoms with Gasteiger partial charge in [0.25, 0.3) is 0 Å². The Balaban J connectivity index is 2.13. The van der Waals surface area contributed by atoms with Crippen molar-refractivity contribution in [3.63, 3.8) is 0 Å². The van der Waals surface area contributed by atoms with Crippen LogP contribution in [0.3, 0.4) is 0 Å². The van der Waals surface area contributed by atoms with Gasteiger partial charge in [-0.2, -0.15) is 13.2 Å². The Morgan fingerprint density at radius 1 is 1.29 bits per heavy atom. The number of hydrogen-bond donors (Lipinski definition) is 1. The minimum atomic E-state index is -4.56. The summed E-state index contributed by atoms with van der Waals surface area (Å²) in [5, 5.41) is 3.07. The Kier molecular flexibility index (Phi) is 8.41. The molecule has 1 unspecified atom stereocenters. The Morgan fingerprint density at radius 3 is 2.42 bits per heavy atom. The number of aliphatic imine (C=N–C) groups is 1. The van der Waals surface area contributed by atoms with E-state index in [9.17, 15) is 18.0 Å². The van der Waals surface area contributed by atoms with Crippen molar-refractivity contribution < 1.29 is 18.0 Å². The summed E-state index contributed by atoms with van der Waals surface area (Å²) in [4.78, 5) is 20.1. The Bertz CT molecular complexity index is 865. The van der Waals surface area contributed by atoms with Crippen molar-refractivity contribution in [2.24, 2.45) is 4.99 Å². The van der Waals surface area contributed by atoms with Crippen molar-refractivity contribution in [2.45, 2.75) is 44.9 Å². The van der Waals surface area contributed by atoms with E-state index in [-0.39, 0.29) is 33.4 Å². The van der Waals surface area contributed by atoms with Crippen molar-refractivity contribution in [1.82, 2.24) is 15.1 Å². The molecule has 0 aromatic heterocycles. The van der Waals surface area contributed by atoms with Crippen LogP contribution < -0.4 is 5.32 Å². The molecule has 0 aliphatic carbocycles. The lowest BCUT2D eigenvalue weighted by atomic mass is 10.0. The molecule has 31 heavy (non-hydrogen) atoms. The lowest BCUT2D eigenvalue weighted by Gasteiger charge is -2.35. The van der Waals surface area contributed by atoms with Crippen LogP contribution >= 0.6 is 23.2 Å². The van der Waals surface area contributed by atoms with Crippen LogP contribution in [0, 0.1) is 0 Å². The van der Waals surface area contributed by atoms with Gasteiger partial charge >= 0.3 is 12.2 Å². The number of rotatable bonds is 5. The topological polar surface area (TPSA) is 47.9 Å². The molecule has 172 valence electrons. The van der Waals surface area contributed by atoms with Crippen molar-refractivity contribution in [3.05, 3.63) is 39.9 Å². The van der Waals surface area contributed by atoms with Gasteiger partial charge < -0.3 is 15.1 Å². The largest absolute Gasteiger partial charge is 0.429 e. The van der Waals surface area contributed by atoms with Crippen LogP contribution in [-0.4, -0.2) is 60.9 Å². The zero-order valence-electron chi connectivity index (χ0n) is 18.0. The summed E-state index contributed by atoms with van der Waals surface area (Å²) in [6.07, 6.45) is -2.76. The van der Waals surface area contributed by atoms with E-state index in [1.165, 1.54) is 6.07 Å². The van der Waals surface area contributed by atoms with Crippen molar-refractivity contribution in [1.29, 1.82) is 0 Å². The molecule has 0 spiro atoms. The number of amides is 2. The number of piperidine rings is 1. The molecule has 1 N–H and O–H groups in total. The maximum atomic E-state index is 12.7. The van der Waals surface area contributed by atoms with E-state index in [2.05, 4.69) is 28.8 Å². The predicted octanol–water partition coefficient (Wildman–Crippen LogP) is 5.78. The summed E-state index contributed by atoms with van der Waals surface area (Å²) in [5.41, 5.74) is -0.441. The SMILES string of the molecule is C=C(N=C(C)C(F)(F)F)c1ccc(C(C)NC(=O)N(C)C2CCN(C)CC2)c(Cl)c1Cl. The maximum absolute atomic E-state index is 12.7. The van der Waals surface area contributed by atoms with Gasteiger partial charge in [-0.15, -0.1) is 0 Å². The Morgan fingerprint density at radius 2 is 1.87 bits per heavy atom. The predicted molar refractivity (Wildman–Crippen MR) is 120 cm³/mol. The molecule has 1 aromatic carbocycles. The average Bonchev–Trinajstić information content (AvgIpc) is 2.68. The Labute approximate surface area is 190 Å². The van der Waals surface area contributed by atoms with E-state index in [4.69, 9.17) is 23.2 Å². The van der Waals surface area contributed by atoms with Crippen molar-refractivity contribution in [2.75, 3.05) is 27.2 Å². The first-order valence-electron chi connectivity index (χ1n) is 9.84. The van der Waals surface area contributed by atoms with Crippen LogP contribution in [0.4, 0.5) is 18.0 Å². The van der Waals surface area contributed by atoms with Crippen LogP contribution in [0.15, 0.2) is 23.7 Å². The molecular formula is C21H27Cl2F3N4O. The van der Waals surface area contributed by atoms with Gasteiger partial charge in [0.1, 0.15) is 5.71 Å². The minimum Gasteiger partial charge on any atom is -0.331 e. The highest BCUT2D eigenvalue weighted by Crippen LogP contribution is 2.36. The average molecular weight is 479 g/mol. The number of alkyl halides is 3. The van der Waals surface area contributed by atoms with Gasteiger partial charge in [0.2, 0.25) is 0 Å². The standard InChI is InChI=1S/C21H27Cl2F3N4O/c1-12(27-14(3)21(24,25)26)16-6-7-17(19(23)18(16)22)13(2)28-20(31)30(5)15-8-10-29(4)11-9-15/h6-7,13,15H,1,8-11H2,2-5H3,(H,28,31). The molecule has 1 aromatic rings. The van der Waals surface area contributed by atoms with Gasteiger partial charge in [-0.1, -0.05) is 41.9 Å². The number of carbonyl (C=O) groups is 1. The number of likely N-dealkylation sites (tertiary alicyclic amines) is 1. The summed E-state index contributed by atoms with van der Waals surface area (Å²) in [6.45, 7) is 8.05. The summed E-state index contributed by atoms with van der Waals surface area (Å²) < 4.78 is 38.2. The van der Waals surface area contributed by atoms with E-state index in [0.29, 0.717) is 5.56 Å². The van der Waals surface area contributed by atoms with Gasteiger partial charge in [0.15, 0.2) is 0 Å². The van der Waals surface area contributed by atoms with E-state index in [0.717, 1.165) is 32.9 Å². The second kappa shape index (κ2) is 10.2. The normalized spacial score (nSPS) is 17.4. The fraction of sp³-hybridized carbons (Fsp3) is 0.524. The summed E-state index contributed by atoms with van der Waals surface area (Å²) in [6, 6.07) is 2.57. The van der Waals surface area contributed by atoms with Crippen LogP contribution in [0.2, 0.25) is 10.0 Å². The van der Waals surface area contributed by atoms with Gasteiger partial charge in [-0.3, -0.25) is 0 Å². The molecule has 1 fully saturated rings. The molecule has 1 heterocycles. The summed E-state index contributed by atoms with van der Waals surface area (Å²) in [5.74, 6) is 0. The Hall–Kier alpha value is -1.77. The van der Waals surface area contributed by atoms with Crippen LogP contribution in [0.1, 0.15) is 43.9 Å². The first-order chi connectivity index (χ1) is 14.3. The highest BCUT2D eigenvalue weighted by Gasteiger charge is 2.32. The number of benzene rings is 1. The molecule has 1 saturated heterocycles. The molecule has 1 aliphatic rings. The van der Waals surface area contributed by atoms with Gasteiger partial charge in [0, 0.05) is 18.7 Å². The minimum absolute atomic E-state index is 0.0349. The van der Waals surface area contributed by atoms with E-state index in [1.54, 1.807) is 24.9 Å². The number of nitrogens with zero attached hydrogens (tertiary/aromatic N) is 3. The maximum Gasteiger partial charge on any atom is 0.429 e. The fourth-order valence-corrected chi connectivity index (χ4v) is 3.97. The van der Waals surface area contributed by atoms with Gasteiger partial charge in [0.05, 0.1) is 21.8 Å². The first-order valence-corrected chi connectivity index (χ1v) is 10.6. The highest BCUT2D eigenvalue weighted by atomic mass is 35.5. The number of hydrogen-bond acceptors (Lipinski definition) is 3. The lowest BCUT2D eigenvalue weighted by molar-refractivity contribution is -0.0591. The third-order valence-electron chi connectivity index (χ3n) is 5.50. The molecule has 2 amide bonds. The van der Waals surface area contributed by atoms with Crippen molar-refractivity contribution in [3.8, 4) is 0 Å². The third-order valence-corrected chi connectivity index (χ3v) is 6.40. The molecule has 1 aliphatic heterocycles. The summed E-state index contributed by atoms with van der Waals surface area (Å²) in [7, 11) is 3.82. The number of halogens is 5. The van der Waals surface area contributed by atoms with E-state index in [1.807, 2.05) is 0 Å². The van der Waals surface area contributed by atoms with Crippen LogP contribution in [0.25, 0.3) is 5.70 Å².